The third kappa shape index (κ3) is 3.24. The van der Waals surface area contributed by atoms with E-state index in [2.05, 4.69) is 15.3 Å². The minimum Gasteiger partial charge on any atom is -0.355 e. The lowest BCUT2D eigenvalue weighted by Crippen LogP contribution is -2.29. The van der Waals surface area contributed by atoms with Crippen LogP contribution in [0.4, 0.5) is 19.0 Å². The summed E-state index contributed by atoms with van der Waals surface area (Å²) in [5.41, 5.74) is 2.30. The number of nitrogens with zero attached hydrogens (tertiary/aromatic N) is 3. The first kappa shape index (κ1) is 16.0. The molecule has 1 aliphatic heterocycles. The van der Waals surface area contributed by atoms with Gasteiger partial charge in [-0.25, -0.2) is 9.97 Å². The summed E-state index contributed by atoms with van der Waals surface area (Å²) in [6.45, 7) is 6.74. The van der Waals surface area contributed by atoms with Gasteiger partial charge in [-0.1, -0.05) is 0 Å². The number of aryl methyl sites for hydroxylation is 2. The van der Waals surface area contributed by atoms with Gasteiger partial charge in [0, 0.05) is 25.0 Å². The second-order valence-electron chi connectivity index (χ2n) is 5.91. The van der Waals surface area contributed by atoms with Crippen LogP contribution in [0.2, 0.25) is 0 Å². The van der Waals surface area contributed by atoms with Gasteiger partial charge in [-0.05, 0) is 50.1 Å². The first-order valence-electron chi connectivity index (χ1n) is 7.68. The number of halogens is 3. The van der Waals surface area contributed by atoms with Gasteiger partial charge in [0.2, 0.25) is 5.82 Å². The molecule has 0 saturated carbocycles. The molecule has 2 aromatic rings. The normalized spacial score (nSPS) is 16.7. The number of hydrogen-bond donors (Lipinski definition) is 1. The summed E-state index contributed by atoms with van der Waals surface area (Å²) < 4.78 is 39.5. The topological polar surface area (TPSA) is 41.1 Å². The molecule has 23 heavy (non-hydrogen) atoms. The summed E-state index contributed by atoms with van der Waals surface area (Å²) in [4.78, 5) is 9.54. The fourth-order valence-electron chi connectivity index (χ4n) is 2.80. The number of benzene rings is 1. The highest BCUT2D eigenvalue weighted by Gasteiger charge is 2.36. The second kappa shape index (κ2) is 5.96. The van der Waals surface area contributed by atoms with Crippen molar-refractivity contribution in [3.05, 3.63) is 29.1 Å². The Labute approximate surface area is 132 Å². The molecule has 1 aromatic heterocycles. The predicted octanol–water partition coefficient (Wildman–Crippen LogP) is 3.07. The Morgan fingerprint density at radius 2 is 1.78 bits per heavy atom. The van der Waals surface area contributed by atoms with Crippen molar-refractivity contribution < 1.29 is 13.2 Å². The van der Waals surface area contributed by atoms with E-state index in [9.17, 15) is 13.2 Å². The number of fused-ring (bicyclic) bond motifs is 1. The molecule has 3 rings (SSSR count). The van der Waals surface area contributed by atoms with Gasteiger partial charge in [-0.15, -0.1) is 0 Å². The van der Waals surface area contributed by atoms with Crippen molar-refractivity contribution in [1.82, 2.24) is 15.3 Å². The Morgan fingerprint density at radius 3 is 2.52 bits per heavy atom. The number of alkyl halides is 3. The number of hydrogen-bond acceptors (Lipinski definition) is 4. The number of nitrogens with one attached hydrogen (secondary N) is 1. The molecule has 7 heteroatoms. The third-order valence-electron chi connectivity index (χ3n) is 4.18. The zero-order valence-corrected chi connectivity index (χ0v) is 13.2. The van der Waals surface area contributed by atoms with Crippen molar-refractivity contribution in [2.75, 3.05) is 31.1 Å². The average Bonchev–Trinajstić information content (AvgIpc) is 2.75. The van der Waals surface area contributed by atoms with Crippen molar-refractivity contribution >= 4 is 16.7 Å². The van der Waals surface area contributed by atoms with Crippen molar-refractivity contribution in [3.8, 4) is 0 Å². The molecule has 1 aromatic carbocycles. The predicted molar refractivity (Wildman–Crippen MR) is 83.7 cm³/mol. The Hall–Kier alpha value is -1.89. The fourth-order valence-corrected chi connectivity index (χ4v) is 2.80. The van der Waals surface area contributed by atoms with Crippen LogP contribution in [-0.2, 0) is 6.18 Å². The monoisotopic (exact) mass is 324 g/mol. The van der Waals surface area contributed by atoms with Gasteiger partial charge in [0.1, 0.15) is 5.82 Å². The molecule has 0 bridgehead atoms. The lowest BCUT2D eigenvalue weighted by atomic mass is 10.1. The van der Waals surface area contributed by atoms with Gasteiger partial charge in [0.15, 0.2) is 0 Å². The molecular formula is C16H19F3N4. The Morgan fingerprint density at radius 1 is 1.04 bits per heavy atom. The molecule has 0 amide bonds. The minimum absolute atomic E-state index is 0.350. The highest BCUT2D eigenvalue weighted by atomic mass is 19.4. The number of rotatable bonds is 1. The largest absolute Gasteiger partial charge is 0.451 e. The van der Waals surface area contributed by atoms with Crippen LogP contribution in [0.1, 0.15) is 23.4 Å². The Bertz CT molecular complexity index is 719. The summed E-state index contributed by atoms with van der Waals surface area (Å²) in [5.74, 6) is -0.686. The third-order valence-corrected chi connectivity index (χ3v) is 4.18. The van der Waals surface area contributed by atoms with Crippen LogP contribution in [0.15, 0.2) is 12.1 Å². The number of anilines is 1. The zero-order chi connectivity index (χ0) is 16.6. The molecular weight excluding hydrogens is 305 g/mol. The standard InChI is InChI=1S/C16H19F3N4/c1-10-8-12-13(9-11(10)2)21-15(16(17,18)19)22-14(12)23-6-3-4-20-5-7-23/h8-9,20H,3-7H2,1-2H3. The fraction of sp³-hybridized carbons (Fsp3) is 0.500. The van der Waals surface area contributed by atoms with Crippen molar-refractivity contribution in [3.63, 3.8) is 0 Å². The van der Waals surface area contributed by atoms with E-state index < -0.39 is 12.0 Å². The molecule has 124 valence electrons. The van der Waals surface area contributed by atoms with E-state index in [1.807, 2.05) is 24.8 Å². The highest BCUT2D eigenvalue weighted by molar-refractivity contribution is 5.90. The van der Waals surface area contributed by atoms with E-state index in [0.717, 1.165) is 30.6 Å². The van der Waals surface area contributed by atoms with E-state index in [-0.39, 0.29) is 0 Å². The second-order valence-corrected chi connectivity index (χ2v) is 5.91. The molecule has 0 radical (unpaired) electrons. The van der Waals surface area contributed by atoms with Crippen molar-refractivity contribution in [2.45, 2.75) is 26.4 Å². The molecule has 0 unspecified atom stereocenters. The summed E-state index contributed by atoms with van der Waals surface area (Å²) >= 11 is 0. The minimum atomic E-state index is -4.55. The Balaban J connectivity index is 2.21. The van der Waals surface area contributed by atoms with Crippen LogP contribution >= 0.6 is 0 Å². The highest BCUT2D eigenvalue weighted by Crippen LogP contribution is 2.33. The average molecular weight is 324 g/mol. The number of aromatic nitrogens is 2. The summed E-state index contributed by atoms with van der Waals surface area (Å²) in [5, 5.41) is 3.94. The van der Waals surface area contributed by atoms with Crippen LogP contribution in [0.3, 0.4) is 0 Å². The zero-order valence-electron chi connectivity index (χ0n) is 13.2. The van der Waals surface area contributed by atoms with Gasteiger partial charge in [-0.3, -0.25) is 0 Å². The maximum Gasteiger partial charge on any atom is 0.451 e. The Kier molecular flexibility index (Phi) is 4.14. The van der Waals surface area contributed by atoms with Crippen LogP contribution in [0.25, 0.3) is 10.9 Å². The van der Waals surface area contributed by atoms with E-state index in [1.54, 1.807) is 6.07 Å². The van der Waals surface area contributed by atoms with Crippen molar-refractivity contribution in [2.24, 2.45) is 0 Å². The van der Waals surface area contributed by atoms with E-state index >= 15 is 0 Å². The van der Waals surface area contributed by atoms with E-state index in [4.69, 9.17) is 0 Å². The van der Waals surface area contributed by atoms with E-state index in [0.29, 0.717) is 29.8 Å². The first-order chi connectivity index (χ1) is 10.9. The summed E-state index contributed by atoms with van der Waals surface area (Å²) in [7, 11) is 0. The molecule has 0 atom stereocenters. The van der Waals surface area contributed by atoms with Crippen LogP contribution in [0, 0.1) is 13.8 Å². The molecule has 2 heterocycles. The summed E-state index contributed by atoms with van der Waals surface area (Å²) in [6, 6.07) is 3.60. The van der Waals surface area contributed by atoms with Crippen LogP contribution in [0.5, 0.6) is 0 Å². The molecule has 1 aliphatic rings. The van der Waals surface area contributed by atoms with Crippen LogP contribution < -0.4 is 10.2 Å². The maximum absolute atomic E-state index is 13.2. The SMILES string of the molecule is Cc1cc2nc(C(F)(F)F)nc(N3CCCNCC3)c2cc1C. The lowest BCUT2D eigenvalue weighted by molar-refractivity contribution is -0.144. The first-order valence-corrected chi connectivity index (χ1v) is 7.68. The lowest BCUT2D eigenvalue weighted by Gasteiger charge is -2.24. The smallest absolute Gasteiger partial charge is 0.355 e. The van der Waals surface area contributed by atoms with Gasteiger partial charge in [0.05, 0.1) is 5.52 Å². The molecule has 1 saturated heterocycles. The van der Waals surface area contributed by atoms with Gasteiger partial charge in [-0.2, -0.15) is 13.2 Å². The quantitative estimate of drug-likeness (QED) is 0.875. The van der Waals surface area contributed by atoms with Crippen molar-refractivity contribution in [1.29, 1.82) is 0 Å². The van der Waals surface area contributed by atoms with Gasteiger partial charge in [0.25, 0.3) is 0 Å². The molecule has 1 N–H and O–H groups in total. The van der Waals surface area contributed by atoms with Gasteiger partial charge < -0.3 is 10.2 Å². The maximum atomic E-state index is 13.2. The van der Waals surface area contributed by atoms with Gasteiger partial charge >= 0.3 is 6.18 Å². The molecule has 1 fully saturated rings. The molecule has 4 nitrogen and oxygen atoms in total. The molecule has 0 aliphatic carbocycles. The molecule has 0 spiro atoms. The van der Waals surface area contributed by atoms with E-state index in [1.165, 1.54) is 0 Å². The summed E-state index contributed by atoms with van der Waals surface area (Å²) in [6.07, 6.45) is -3.68. The van der Waals surface area contributed by atoms with Crippen LogP contribution in [-0.4, -0.2) is 36.1 Å².